The maximum atomic E-state index is 12.3. The summed E-state index contributed by atoms with van der Waals surface area (Å²) in [5.41, 5.74) is 0.966. The van der Waals surface area contributed by atoms with Crippen molar-refractivity contribution in [2.75, 3.05) is 0 Å². The third-order valence-corrected chi connectivity index (χ3v) is 5.52. The molecule has 1 rings (SSSR count). The Hall–Kier alpha value is -1.51. The number of carbonyl (C=O) groups excluding carboxylic acids is 1. The van der Waals surface area contributed by atoms with Crippen molar-refractivity contribution in [2.24, 2.45) is 0 Å². The minimum Gasteiger partial charge on any atom is -0.508 e. The Morgan fingerprint density at radius 1 is 0.679 bits per heavy atom. The lowest BCUT2D eigenvalue weighted by atomic mass is 9.99. The number of phenolic OH excluding ortho intramolecular Hbond substituents is 2. The van der Waals surface area contributed by atoms with Crippen LogP contribution < -0.4 is 0 Å². The van der Waals surface area contributed by atoms with E-state index >= 15 is 0 Å². The summed E-state index contributed by atoms with van der Waals surface area (Å²) in [7, 11) is 0. The molecule has 160 valence electrons. The van der Waals surface area contributed by atoms with Crippen LogP contribution in [0.2, 0.25) is 0 Å². The van der Waals surface area contributed by atoms with E-state index in [0.29, 0.717) is 18.4 Å². The van der Waals surface area contributed by atoms with Gasteiger partial charge in [-0.3, -0.25) is 4.79 Å². The average Bonchev–Trinajstić information content (AvgIpc) is 2.68. The molecular formula is C25H42O3. The Morgan fingerprint density at radius 3 is 1.68 bits per heavy atom. The van der Waals surface area contributed by atoms with Crippen LogP contribution in [-0.4, -0.2) is 16.0 Å². The van der Waals surface area contributed by atoms with Gasteiger partial charge in [0.15, 0.2) is 5.78 Å². The zero-order valence-electron chi connectivity index (χ0n) is 18.3. The van der Waals surface area contributed by atoms with Crippen molar-refractivity contribution in [3.63, 3.8) is 0 Å². The summed E-state index contributed by atoms with van der Waals surface area (Å²) in [6.07, 6.45) is 18.6. The van der Waals surface area contributed by atoms with E-state index < -0.39 is 0 Å². The van der Waals surface area contributed by atoms with E-state index in [1.807, 2.05) is 6.92 Å². The normalized spacial score (nSPS) is 11.1. The van der Waals surface area contributed by atoms with E-state index in [-0.39, 0.29) is 22.8 Å². The van der Waals surface area contributed by atoms with E-state index in [9.17, 15) is 15.0 Å². The molecule has 1 aromatic rings. The first-order chi connectivity index (χ1) is 13.6. The minimum atomic E-state index is -0.0704. The quantitative estimate of drug-likeness (QED) is 0.163. The summed E-state index contributed by atoms with van der Waals surface area (Å²) in [5.74, 6) is 0.0493. The number of unbranched alkanes of at least 4 members (excludes halogenated alkanes) is 12. The predicted octanol–water partition coefficient (Wildman–Crippen LogP) is 7.71. The van der Waals surface area contributed by atoms with Gasteiger partial charge in [0, 0.05) is 6.42 Å². The van der Waals surface area contributed by atoms with Crippen LogP contribution in [0.4, 0.5) is 0 Å². The highest BCUT2D eigenvalue weighted by Crippen LogP contribution is 2.29. The van der Waals surface area contributed by atoms with Gasteiger partial charge in [-0.1, -0.05) is 97.3 Å². The summed E-state index contributed by atoms with van der Waals surface area (Å²) in [5, 5.41) is 20.1. The van der Waals surface area contributed by atoms with Gasteiger partial charge < -0.3 is 10.2 Å². The van der Waals surface area contributed by atoms with Gasteiger partial charge in [0.2, 0.25) is 0 Å². The highest BCUT2D eigenvalue weighted by molar-refractivity contribution is 5.99. The number of hydrogen-bond acceptors (Lipinski definition) is 3. The second-order valence-corrected chi connectivity index (χ2v) is 8.16. The third-order valence-electron chi connectivity index (χ3n) is 5.52. The highest BCUT2D eigenvalue weighted by atomic mass is 16.3. The lowest BCUT2D eigenvalue weighted by Crippen LogP contribution is -2.00. The van der Waals surface area contributed by atoms with Crippen LogP contribution in [-0.2, 0) is 6.42 Å². The van der Waals surface area contributed by atoms with Crippen molar-refractivity contribution in [3.05, 3.63) is 23.3 Å². The standard InChI is InChI=1S/C25H42O3/c1-3-5-6-7-8-9-10-11-12-13-14-15-16-18-23(26)22-20-24(27)21(17-4-2)19-25(22)28/h19-20,27-28H,3-18H2,1-2H3. The molecule has 3 heteroatoms. The fraction of sp³-hybridized carbons (Fsp3) is 0.720. The molecule has 0 aliphatic carbocycles. The number of Topliss-reactive ketones (excluding diaryl/α,β-unsaturated/α-hetero) is 1. The number of aryl methyl sites for hydroxylation is 1. The summed E-state index contributed by atoms with van der Waals surface area (Å²) in [6.45, 7) is 4.28. The van der Waals surface area contributed by atoms with Gasteiger partial charge >= 0.3 is 0 Å². The molecule has 0 aliphatic rings. The Balaban J connectivity index is 2.09. The first-order valence-corrected chi connectivity index (χ1v) is 11.7. The molecule has 0 fully saturated rings. The second-order valence-electron chi connectivity index (χ2n) is 8.16. The van der Waals surface area contributed by atoms with Crippen LogP contribution in [0.5, 0.6) is 11.5 Å². The van der Waals surface area contributed by atoms with Gasteiger partial charge in [-0.2, -0.15) is 0 Å². The molecule has 1 aromatic carbocycles. The third kappa shape index (κ3) is 10.1. The molecule has 0 aromatic heterocycles. The summed E-state index contributed by atoms with van der Waals surface area (Å²) < 4.78 is 0. The van der Waals surface area contributed by atoms with Crippen LogP contribution >= 0.6 is 0 Å². The molecule has 0 aliphatic heterocycles. The lowest BCUT2D eigenvalue weighted by Gasteiger charge is -2.09. The molecule has 0 radical (unpaired) electrons. The molecule has 28 heavy (non-hydrogen) atoms. The summed E-state index contributed by atoms with van der Waals surface area (Å²) >= 11 is 0. The van der Waals surface area contributed by atoms with Crippen molar-refractivity contribution in [3.8, 4) is 11.5 Å². The van der Waals surface area contributed by atoms with Gasteiger partial charge in [-0.25, -0.2) is 0 Å². The zero-order valence-corrected chi connectivity index (χ0v) is 18.3. The van der Waals surface area contributed by atoms with E-state index in [2.05, 4.69) is 6.92 Å². The van der Waals surface area contributed by atoms with Crippen molar-refractivity contribution in [2.45, 2.75) is 117 Å². The Bertz CT molecular complexity index is 551. The van der Waals surface area contributed by atoms with E-state index in [0.717, 1.165) is 19.3 Å². The van der Waals surface area contributed by atoms with Crippen molar-refractivity contribution in [1.82, 2.24) is 0 Å². The van der Waals surface area contributed by atoms with Crippen LogP contribution in [0.15, 0.2) is 12.1 Å². The van der Waals surface area contributed by atoms with Gasteiger partial charge in [-0.05, 0) is 30.5 Å². The van der Waals surface area contributed by atoms with Crippen LogP contribution in [0.1, 0.15) is 126 Å². The minimum absolute atomic E-state index is 0.000874. The number of carbonyl (C=O) groups is 1. The van der Waals surface area contributed by atoms with E-state index in [4.69, 9.17) is 0 Å². The number of aromatic hydroxyl groups is 2. The lowest BCUT2D eigenvalue weighted by molar-refractivity contribution is 0.0976. The van der Waals surface area contributed by atoms with Crippen LogP contribution in [0.25, 0.3) is 0 Å². The van der Waals surface area contributed by atoms with Crippen molar-refractivity contribution in [1.29, 1.82) is 0 Å². The molecule has 0 atom stereocenters. The molecule has 0 saturated carbocycles. The number of rotatable bonds is 17. The SMILES string of the molecule is CCCCCCCCCCCCCCCC(=O)c1cc(O)c(CCC)cc1O. The van der Waals surface area contributed by atoms with E-state index in [1.54, 1.807) is 0 Å². The number of phenols is 2. The Labute approximate surface area is 172 Å². The molecule has 0 unspecified atom stereocenters. The Morgan fingerprint density at radius 2 is 1.18 bits per heavy atom. The average molecular weight is 391 g/mol. The zero-order chi connectivity index (χ0) is 20.6. The number of benzene rings is 1. The monoisotopic (exact) mass is 390 g/mol. The maximum absolute atomic E-state index is 12.3. The topological polar surface area (TPSA) is 57.5 Å². The number of hydrogen-bond donors (Lipinski definition) is 2. The molecule has 0 spiro atoms. The van der Waals surface area contributed by atoms with Crippen LogP contribution in [0.3, 0.4) is 0 Å². The first-order valence-electron chi connectivity index (χ1n) is 11.7. The summed E-state index contributed by atoms with van der Waals surface area (Å²) in [4.78, 5) is 12.3. The molecule has 3 nitrogen and oxygen atoms in total. The first kappa shape index (κ1) is 24.5. The Kier molecular flexibility index (Phi) is 13.5. The molecule has 2 N–H and O–H groups in total. The highest BCUT2D eigenvalue weighted by Gasteiger charge is 2.14. The molecule has 0 heterocycles. The van der Waals surface area contributed by atoms with Gasteiger partial charge in [-0.15, -0.1) is 0 Å². The van der Waals surface area contributed by atoms with Crippen LogP contribution in [0, 0.1) is 0 Å². The molecular weight excluding hydrogens is 348 g/mol. The molecule has 0 amide bonds. The second kappa shape index (κ2) is 15.4. The molecule has 0 saturated heterocycles. The van der Waals surface area contributed by atoms with E-state index in [1.165, 1.54) is 82.8 Å². The smallest absolute Gasteiger partial charge is 0.166 e. The van der Waals surface area contributed by atoms with Crippen molar-refractivity contribution >= 4 is 5.78 Å². The van der Waals surface area contributed by atoms with Gasteiger partial charge in [0.1, 0.15) is 11.5 Å². The van der Waals surface area contributed by atoms with Crippen molar-refractivity contribution < 1.29 is 15.0 Å². The largest absolute Gasteiger partial charge is 0.508 e. The number of ketones is 1. The van der Waals surface area contributed by atoms with Gasteiger partial charge in [0.25, 0.3) is 0 Å². The summed E-state index contributed by atoms with van der Waals surface area (Å²) in [6, 6.07) is 2.97. The predicted molar refractivity (Wildman–Crippen MR) is 118 cm³/mol. The fourth-order valence-electron chi connectivity index (χ4n) is 3.75. The maximum Gasteiger partial charge on any atom is 0.166 e. The fourth-order valence-corrected chi connectivity index (χ4v) is 3.75. The molecule has 0 bridgehead atoms. The van der Waals surface area contributed by atoms with Gasteiger partial charge in [0.05, 0.1) is 5.56 Å².